The Morgan fingerprint density at radius 1 is 1.08 bits per heavy atom. The number of aryl methyl sites for hydroxylation is 1. The van der Waals surface area contributed by atoms with Crippen LogP contribution in [-0.4, -0.2) is 26.9 Å². The van der Waals surface area contributed by atoms with Crippen molar-refractivity contribution >= 4 is 23.0 Å². The first-order valence-corrected chi connectivity index (χ1v) is 12.0. The fourth-order valence-corrected chi connectivity index (χ4v) is 4.46. The largest absolute Gasteiger partial charge is 0.439 e. The van der Waals surface area contributed by atoms with Gasteiger partial charge in [-0.25, -0.2) is 9.97 Å². The Balaban J connectivity index is 1.17. The van der Waals surface area contributed by atoms with Gasteiger partial charge in [0.15, 0.2) is 0 Å². The van der Waals surface area contributed by atoms with E-state index in [-0.39, 0.29) is 17.8 Å². The predicted octanol–water partition coefficient (Wildman–Crippen LogP) is 6.83. The average Bonchev–Trinajstić information content (AvgIpc) is 3.24. The first-order valence-electron chi connectivity index (χ1n) is 12.0. The number of hydrogen-bond acceptors (Lipinski definition) is 4. The molecule has 1 aliphatic carbocycles. The number of rotatable bonds is 5. The van der Waals surface area contributed by atoms with E-state index in [0.717, 1.165) is 60.2 Å². The zero-order valence-corrected chi connectivity index (χ0v) is 20.1. The molecule has 0 atom stereocenters. The van der Waals surface area contributed by atoms with Crippen molar-refractivity contribution in [3.8, 4) is 11.6 Å². The zero-order chi connectivity index (χ0) is 26.0. The molecule has 0 saturated heterocycles. The van der Waals surface area contributed by atoms with Gasteiger partial charge in [0.2, 0.25) is 5.88 Å². The van der Waals surface area contributed by atoms with Gasteiger partial charge in [-0.1, -0.05) is 23.8 Å². The summed E-state index contributed by atoms with van der Waals surface area (Å²) in [5.41, 5.74) is 3.70. The van der Waals surface area contributed by atoms with Crippen molar-refractivity contribution in [1.29, 1.82) is 0 Å². The van der Waals surface area contributed by atoms with Crippen LogP contribution in [0.2, 0.25) is 0 Å². The van der Waals surface area contributed by atoms with E-state index in [4.69, 9.17) is 4.74 Å². The number of benzene rings is 1. The lowest BCUT2D eigenvalue weighted by molar-refractivity contribution is -0.137. The number of carbonyl (C=O) groups is 1. The number of H-pyrrole nitrogens is 1. The fourth-order valence-electron chi connectivity index (χ4n) is 4.46. The highest BCUT2D eigenvalue weighted by Gasteiger charge is 2.30. The minimum atomic E-state index is -4.44. The van der Waals surface area contributed by atoms with E-state index >= 15 is 0 Å². The number of allylic oxidation sites excluding steroid dienone is 1. The lowest BCUT2D eigenvalue weighted by Crippen LogP contribution is -2.36. The molecular formula is C28H25F3N4O2. The van der Waals surface area contributed by atoms with E-state index in [1.54, 1.807) is 12.3 Å². The Labute approximate surface area is 211 Å². The molecule has 3 heterocycles. The molecule has 3 aromatic heterocycles. The number of carbonyl (C=O) groups excluding carboxylic acids is 1. The molecule has 2 N–H and O–H groups in total. The van der Waals surface area contributed by atoms with Crippen LogP contribution in [0, 0.1) is 6.92 Å². The summed E-state index contributed by atoms with van der Waals surface area (Å²) in [6.45, 7) is 1.95. The molecule has 9 heteroatoms. The maximum atomic E-state index is 12.7. The van der Waals surface area contributed by atoms with Gasteiger partial charge in [-0.3, -0.25) is 4.79 Å². The topological polar surface area (TPSA) is 79.9 Å². The van der Waals surface area contributed by atoms with E-state index in [1.807, 2.05) is 37.3 Å². The molecule has 0 bridgehead atoms. The number of hydrogen-bond donors (Lipinski definition) is 2. The quantitative estimate of drug-likeness (QED) is 0.311. The number of alkyl halides is 3. The number of nitrogens with one attached hydrogen (secondary N) is 2. The number of pyridine rings is 2. The van der Waals surface area contributed by atoms with Gasteiger partial charge < -0.3 is 15.0 Å². The Morgan fingerprint density at radius 3 is 2.62 bits per heavy atom. The molecule has 1 aromatic carbocycles. The Bertz CT molecular complexity index is 1450. The molecule has 1 fully saturated rings. The van der Waals surface area contributed by atoms with E-state index in [9.17, 15) is 18.0 Å². The molecule has 1 saturated carbocycles. The first kappa shape index (κ1) is 24.5. The lowest BCUT2D eigenvalue weighted by Gasteiger charge is -2.25. The molecule has 1 aliphatic rings. The number of aromatic nitrogens is 3. The molecule has 190 valence electrons. The average molecular weight is 507 g/mol. The van der Waals surface area contributed by atoms with Gasteiger partial charge in [-0.2, -0.15) is 13.2 Å². The van der Waals surface area contributed by atoms with Crippen LogP contribution in [-0.2, 0) is 6.18 Å². The van der Waals surface area contributed by atoms with Crippen LogP contribution in [0.1, 0.15) is 52.9 Å². The molecule has 0 radical (unpaired) electrons. The second-order valence-electron chi connectivity index (χ2n) is 9.22. The summed E-state index contributed by atoms with van der Waals surface area (Å²) in [4.78, 5) is 24.0. The van der Waals surface area contributed by atoms with Crippen LogP contribution in [0.25, 0.3) is 17.1 Å². The molecule has 0 aliphatic heterocycles. The second-order valence-corrected chi connectivity index (χ2v) is 9.22. The predicted molar refractivity (Wildman–Crippen MR) is 134 cm³/mol. The zero-order valence-electron chi connectivity index (χ0n) is 20.1. The number of halogens is 3. The smallest absolute Gasteiger partial charge is 0.417 e. The van der Waals surface area contributed by atoms with Crippen molar-refractivity contribution in [3.63, 3.8) is 0 Å². The summed E-state index contributed by atoms with van der Waals surface area (Å²) in [6, 6.07) is 13.4. The van der Waals surface area contributed by atoms with Gasteiger partial charge in [0.25, 0.3) is 5.91 Å². The SMILES string of the molecule is Cc1cc2cc(C(=O)NC3CCC(=Cc4cccc(Oc5ccc(C(F)(F)F)cn5)c4)CC3)cnc2[nH]1. The highest BCUT2D eigenvalue weighted by atomic mass is 19.4. The van der Waals surface area contributed by atoms with E-state index in [2.05, 4.69) is 26.3 Å². The van der Waals surface area contributed by atoms with Gasteiger partial charge in [-0.15, -0.1) is 0 Å². The summed E-state index contributed by atoms with van der Waals surface area (Å²) in [5.74, 6) is 0.466. The van der Waals surface area contributed by atoms with Crippen molar-refractivity contribution in [2.45, 2.75) is 44.8 Å². The summed E-state index contributed by atoms with van der Waals surface area (Å²) in [6.07, 6.45) is 3.38. The normalized spacial score (nSPS) is 16.0. The molecular weight excluding hydrogens is 481 g/mol. The summed E-state index contributed by atoms with van der Waals surface area (Å²) < 4.78 is 43.8. The third kappa shape index (κ3) is 5.99. The van der Waals surface area contributed by atoms with Crippen LogP contribution in [0.4, 0.5) is 13.2 Å². The van der Waals surface area contributed by atoms with Crippen molar-refractivity contribution < 1.29 is 22.7 Å². The number of aromatic amines is 1. The third-order valence-corrected chi connectivity index (χ3v) is 6.34. The Morgan fingerprint density at radius 2 is 1.89 bits per heavy atom. The van der Waals surface area contributed by atoms with Gasteiger partial charge >= 0.3 is 6.18 Å². The van der Waals surface area contributed by atoms with Gasteiger partial charge in [-0.05, 0) is 68.5 Å². The minimum Gasteiger partial charge on any atom is -0.439 e. The molecule has 5 rings (SSSR count). The van der Waals surface area contributed by atoms with Gasteiger partial charge in [0.05, 0.1) is 11.1 Å². The summed E-state index contributed by atoms with van der Waals surface area (Å²) in [7, 11) is 0. The van der Waals surface area contributed by atoms with Crippen molar-refractivity contribution in [3.05, 3.63) is 88.9 Å². The Kier molecular flexibility index (Phi) is 6.69. The van der Waals surface area contributed by atoms with Crippen molar-refractivity contribution in [1.82, 2.24) is 20.3 Å². The number of amides is 1. The van der Waals surface area contributed by atoms with Gasteiger partial charge in [0.1, 0.15) is 11.4 Å². The second kappa shape index (κ2) is 10.1. The molecule has 0 spiro atoms. The molecule has 1 amide bonds. The van der Waals surface area contributed by atoms with Crippen molar-refractivity contribution in [2.24, 2.45) is 0 Å². The van der Waals surface area contributed by atoms with Crippen LogP contribution < -0.4 is 10.1 Å². The van der Waals surface area contributed by atoms with Crippen LogP contribution in [0.3, 0.4) is 0 Å². The van der Waals surface area contributed by atoms with E-state index in [0.29, 0.717) is 11.3 Å². The van der Waals surface area contributed by atoms with E-state index < -0.39 is 11.7 Å². The maximum absolute atomic E-state index is 12.7. The molecule has 0 unspecified atom stereocenters. The first-order chi connectivity index (χ1) is 17.7. The van der Waals surface area contributed by atoms with Crippen LogP contribution in [0.15, 0.2) is 66.5 Å². The standard InChI is InChI=1S/C28H25F3N4O2/c1-17-11-20-14-21(15-33-26(20)34-17)27(36)35-23-8-5-18(6-9-23)12-19-3-2-4-24(13-19)37-25-10-7-22(16-32-25)28(29,30)31/h2-4,7,10-16,23H,5-6,8-9H2,1H3,(H,33,34)(H,35,36). The third-order valence-electron chi connectivity index (χ3n) is 6.34. The highest BCUT2D eigenvalue weighted by molar-refractivity contribution is 5.97. The van der Waals surface area contributed by atoms with Gasteiger partial charge in [0, 0.05) is 35.6 Å². The fraction of sp³-hybridized carbons (Fsp3) is 0.250. The van der Waals surface area contributed by atoms with E-state index in [1.165, 1.54) is 11.6 Å². The van der Waals surface area contributed by atoms with Crippen molar-refractivity contribution in [2.75, 3.05) is 0 Å². The lowest BCUT2D eigenvalue weighted by atomic mass is 9.89. The number of nitrogens with zero attached hydrogens (tertiary/aromatic N) is 2. The summed E-state index contributed by atoms with van der Waals surface area (Å²) >= 11 is 0. The number of ether oxygens (including phenoxy) is 1. The molecule has 6 nitrogen and oxygen atoms in total. The minimum absolute atomic E-state index is 0.0914. The molecule has 37 heavy (non-hydrogen) atoms. The Hall–Kier alpha value is -4.14. The monoisotopic (exact) mass is 506 g/mol. The number of fused-ring (bicyclic) bond motifs is 1. The van der Waals surface area contributed by atoms with Crippen LogP contribution in [0.5, 0.6) is 11.6 Å². The maximum Gasteiger partial charge on any atom is 0.417 e. The van der Waals surface area contributed by atoms with Crippen LogP contribution >= 0.6 is 0 Å². The summed E-state index contributed by atoms with van der Waals surface area (Å²) in [5, 5.41) is 4.04. The molecule has 4 aromatic rings. The highest BCUT2D eigenvalue weighted by Crippen LogP contribution is 2.31.